The SMILES string of the molecule is CCCCCCCCOc1ccc(C)cc1S(=O)(=O)Nc1ccc(NNC(=O)n2ccc3c(N(O)O)cccc32)cc1. The van der Waals surface area contributed by atoms with Gasteiger partial charge in [-0.2, -0.15) is 0 Å². The molecule has 42 heavy (non-hydrogen) atoms. The molecule has 4 rings (SSSR count). The van der Waals surface area contributed by atoms with E-state index in [-0.39, 0.29) is 15.8 Å². The zero-order chi connectivity index (χ0) is 30.1. The van der Waals surface area contributed by atoms with E-state index in [0.29, 0.717) is 34.6 Å². The zero-order valence-corrected chi connectivity index (χ0v) is 24.5. The molecule has 0 atom stereocenters. The number of amides is 1. The number of anilines is 3. The second-order valence-corrected chi connectivity index (χ2v) is 11.6. The molecular formula is C30H37N5O6S. The lowest BCUT2D eigenvalue weighted by molar-refractivity contribution is 0.0300. The van der Waals surface area contributed by atoms with Gasteiger partial charge >= 0.3 is 6.03 Å². The maximum Gasteiger partial charge on any atom is 0.344 e. The minimum atomic E-state index is -3.93. The van der Waals surface area contributed by atoms with E-state index < -0.39 is 16.1 Å². The van der Waals surface area contributed by atoms with Gasteiger partial charge in [0.25, 0.3) is 10.0 Å². The summed E-state index contributed by atoms with van der Waals surface area (Å²) in [7, 11) is -3.93. The number of ether oxygens (including phenoxy) is 1. The second kappa shape index (κ2) is 14.1. The fourth-order valence-electron chi connectivity index (χ4n) is 4.53. The number of sulfonamides is 1. The summed E-state index contributed by atoms with van der Waals surface area (Å²) in [6, 6.07) is 17.3. The number of hydrazine groups is 1. The van der Waals surface area contributed by atoms with Crippen molar-refractivity contribution in [3.8, 4) is 5.75 Å². The Bertz CT molecular complexity index is 1600. The van der Waals surface area contributed by atoms with Crippen molar-refractivity contribution in [2.75, 3.05) is 22.0 Å². The molecule has 5 N–H and O–H groups in total. The number of fused-ring (bicyclic) bond motifs is 1. The van der Waals surface area contributed by atoms with Crippen LogP contribution in [-0.4, -0.2) is 36.0 Å². The van der Waals surface area contributed by atoms with E-state index >= 15 is 0 Å². The van der Waals surface area contributed by atoms with Crippen molar-refractivity contribution in [3.05, 3.63) is 78.5 Å². The Morgan fingerprint density at radius 1 is 0.929 bits per heavy atom. The van der Waals surface area contributed by atoms with E-state index in [1.54, 1.807) is 54.6 Å². The van der Waals surface area contributed by atoms with Gasteiger partial charge in [-0.25, -0.2) is 13.2 Å². The second-order valence-electron chi connectivity index (χ2n) is 9.99. The number of carbonyl (C=O) groups is 1. The van der Waals surface area contributed by atoms with Crippen LogP contribution in [0, 0.1) is 6.92 Å². The van der Waals surface area contributed by atoms with Crippen LogP contribution in [-0.2, 0) is 10.0 Å². The molecule has 0 saturated carbocycles. The molecule has 0 fully saturated rings. The van der Waals surface area contributed by atoms with Gasteiger partial charge in [0.1, 0.15) is 16.3 Å². The monoisotopic (exact) mass is 595 g/mol. The van der Waals surface area contributed by atoms with E-state index in [9.17, 15) is 23.6 Å². The normalized spacial score (nSPS) is 11.3. The van der Waals surface area contributed by atoms with Crippen LogP contribution in [0.3, 0.4) is 0 Å². The Morgan fingerprint density at radius 3 is 2.38 bits per heavy atom. The first-order valence-electron chi connectivity index (χ1n) is 13.9. The molecule has 1 amide bonds. The van der Waals surface area contributed by atoms with Crippen LogP contribution in [0.25, 0.3) is 10.9 Å². The molecule has 0 spiro atoms. The topological polar surface area (TPSA) is 145 Å². The fourth-order valence-corrected chi connectivity index (χ4v) is 5.82. The molecular weight excluding hydrogens is 558 g/mol. The van der Waals surface area contributed by atoms with E-state index in [1.165, 1.54) is 36.1 Å². The number of rotatable bonds is 14. The molecule has 0 unspecified atom stereocenters. The lowest BCUT2D eigenvalue weighted by atomic mass is 10.1. The molecule has 4 aromatic rings. The van der Waals surface area contributed by atoms with Gasteiger partial charge in [-0.1, -0.05) is 51.2 Å². The Kier molecular flexibility index (Phi) is 10.3. The summed E-state index contributed by atoms with van der Waals surface area (Å²) in [6.45, 7) is 4.46. The Morgan fingerprint density at radius 2 is 1.64 bits per heavy atom. The van der Waals surface area contributed by atoms with Crippen molar-refractivity contribution in [1.29, 1.82) is 0 Å². The maximum atomic E-state index is 13.3. The van der Waals surface area contributed by atoms with Gasteiger partial charge in [0.2, 0.25) is 0 Å². The summed E-state index contributed by atoms with van der Waals surface area (Å²) in [5.74, 6) is 0.318. The molecule has 1 heterocycles. The van der Waals surface area contributed by atoms with Crippen molar-refractivity contribution in [3.63, 3.8) is 0 Å². The van der Waals surface area contributed by atoms with Crippen molar-refractivity contribution >= 4 is 44.0 Å². The molecule has 0 aliphatic rings. The number of nitrogens with zero attached hydrogens (tertiary/aromatic N) is 2. The van der Waals surface area contributed by atoms with Crippen LogP contribution in [0.2, 0.25) is 0 Å². The third-order valence-electron chi connectivity index (χ3n) is 6.74. The molecule has 3 aromatic carbocycles. The molecule has 0 bridgehead atoms. The summed E-state index contributed by atoms with van der Waals surface area (Å²) >= 11 is 0. The third kappa shape index (κ3) is 7.72. The standard InChI is InChI=1S/C30H37N5O6S/c1-3-4-5-6-7-8-20-41-28-17-12-22(2)21-29(28)42(39,40)33-24-15-13-23(14-16-24)31-32-30(36)34-19-18-25-26(34)10-9-11-27(25)35(37)38/h9-19,21,31,33,37-38H,3-8,20H2,1-2H3,(H,32,36). The van der Waals surface area contributed by atoms with Gasteiger partial charge in [0.05, 0.1) is 17.8 Å². The van der Waals surface area contributed by atoms with Crippen LogP contribution in [0.15, 0.2) is 77.8 Å². The zero-order valence-electron chi connectivity index (χ0n) is 23.7. The lowest BCUT2D eigenvalue weighted by Gasteiger charge is -2.15. The molecule has 0 saturated heterocycles. The predicted octanol–water partition coefficient (Wildman–Crippen LogP) is 6.66. The summed E-state index contributed by atoms with van der Waals surface area (Å²) in [5.41, 5.74) is 7.62. The smallest absolute Gasteiger partial charge is 0.344 e. The Hall–Kier alpha value is -4.26. The predicted molar refractivity (Wildman–Crippen MR) is 163 cm³/mol. The highest BCUT2D eigenvalue weighted by Gasteiger charge is 2.20. The number of aromatic nitrogens is 1. The highest BCUT2D eigenvalue weighted by molar-refractivity contribution is 7.92. The molecule has 0 radical (unpaired) electrons. The minimum absolute atomic E-state index is 0.00186. The van der Waals surface area contributed by atoms with Gasteiger partial charge in [0.15, 0.2) is 0 Å². The molecule has 224 valence electrons. The first-order chi connectivity index (χ1) is 20.2. The van der Waals surface area contributed by atoms with Crippen molar-refractivity contribution < 1.29 is 28.4 Å². The molecule has 1 aromatic heterocycles. The van der Waals surface area contributed by atoms with Crippen molar-refractivity contribution in [2.24, 2.45) is 0 Å². The summed E-state index contributed by atoms with van der Waals surface area (Å²) in [6.07, 6.45) is 8.17. The maximum absolute atomic E-state index is 13.3. The third-order valence-corrected chi connectivity index (χ3v) is 8.14. The molecule has 11 nitrogen and oxygen atoms in total. The summed E-state index contributed by atoms with van der Waals surface area (Å²) in [4.78, 5) is 12.8. The quantitative estimate of drug-likeness (QED) is 0.0804. The highest BCUT2D eigenvalue weighted by atomic mass is 32.2. The number of aryl methyl sites for hydroxylation is 1. The Labute approximate surface area is 245 Å². The minimum Gasteiger partial charge on any atom is -0.492 e. The number of benzene rings is 3. The van der Waals surface area contributed by atoms with Crippen molar-refractivity contribution in [2.45, 2.75) is 57.3 Å². The van der Waals surface area contributed by atoms with E-state index in [1.807, 2.05) is 13.0 Å². The van der Waals surface area contributed by atoms with E-state index in [4.69, 9.17) is 4.74 Å². The van der Waals surface area contributed by atoms with Crippen LogP contribution in [0.4, 0.5) is 21.9 Å². The van der Waals surface area contributed by atoms with Crippen LogP contribution in [0.1, 0.15) is 51.0 Å². The molecule has 12 heteroatoms. The Balaban J connectivity index is 1.36. The van der Waals surface area contributed by atoms with Gasteiger partial charge < -0.3 is 4.74 Å². The van der Waals surface area contributed by atoms with Crippen LogP contribution in [0.5, 0.6) is 5.75 Å². The first kappa shape index (κ1) is 30.7. The molecule has 0 aliphatic carbocycles. The first-order valence-corrected chi connectivity index (χ1v) is 15.4. The number of hydrogen-bond acceptors (Lipinski definition) is 8. The van der Waals surface area contributed by atoms with E-state index in [2.05, 4.69) is 22.5 Å². The molecule has 0 aliphatic heterocycles. The van der Waals surface area contributed by atoms with Gasteiger partial charge in [-0.3, -0.25) is 30.6 Å². The van der Waals surface area contributed by atoms with Gasteiger partial charge in [0, 0.05) is 17.3 Å². The lowest BCUT2D eigenvalue weighted by Crippen LogP contribution is -2.32. The number of nitrogens with one attached hydrogen (secondary N) is 3. The van der Waals surface area contributed by atoms with Gasteiger partial charge in [-0.05, 0) is 73.5 Å². The summed E-state index contributed by atoms with van der Waals surface area (Å²) < 4.78 is 36.4. The number of unbranched alkanes of at least 4 members (excludes halogenated alkanes) is 5. The largest absolute Gasteiger partial charge is 0.492 e. The number of carbonyl (C=O) groups excluding carboxylic acids is 1. The highest BCUT2D eigenvalue weighted by Crippen LogP contribution is 2.28. The van der Waals surface area contributed by atoms with E-state index in [0.717, 1.165) is 24.8 Å². The average Bonchev–Trinajstić information content (AvgIpc) is 3.41. The van der Waals surface area contributed by atoms with Crippen LogP contribution < -0.4 is 25.5 Å². The average molecular weight is 596 g/mol. The van der Waals surface area contributed by atoms with Gasteiger partial charge in [-0.15, -0.1) is 5.23 Å². The number of hydrogen-bond donors (Lipinski definition) is 5. The van der Waals surface area contributed by atoms with Crippen LogP contribution >= 0.6 is 0 Å². The fraction of sp³-hybridized carbons (Fsp3) is 0.300. The summed E-state index contributed by atoms with van der Waals surface area (Å²) in [5, 5.41) is 19.3. The van der Waals surface area contributed by atoms with Crippen molar-refractivity contribution in [1.82, 2.24) is 9.99 Å².